The van der Waals surface area contributed by atoms with Crippen LogP contribution in [0.2, 0.25) is 0 Å². The SMILES string of the molecule is NC1CCN(Cc2ccc3cncc(-c4cc5cccnc5o4)c3c2)CC1. The Morgan fingerprint density at radius 3 is 2.81 bits per heavy atom. The van der Waals surface area contributed by atoms with Gasteiger partial charge in [-0.25, -0.2) is 4.98 Å². The maximum absolute atomic E-state index is 6.03. The molecule has 0 spiro atoms. The Kier molecular flexibility index (Phi) is 4.11. The van der Waals surface area contributed by atoms with E-state index in [-0.39, 0.29) is 0 Å². The van der Waals surface area contributed by atoms with E-state index in [4.69, 9.17) is 10.2 Å². The fourth-order valence-electron chi connectivity index (χ4n) is 3.88. The maximum atomic E-state index is 6.03. The molecule has 27 heavy (non-hydrogen) atoms. The van der Waals surface area contributed by atoms with E-state index in [0.29, 0.717) is 11.8 Å². The number of benzene rings is 1. The molecule has 2 N–H and O–H groups in total. The number of hydrogen-bond donors (Lipinski definition) is 1. The van der Waals surface area contributed by atoms with Gasteiger partial charge < -0.3 is 10.2 Å². The third kappa shape index (κ3) is 3.20. The molecular weight excluding hydrogens is 336 g/mol. The Labute approximate surface area is 157 Å². The predicted octanol–water partition coefficient (Wildman–Crippen LogP) is 3.97. The van der Waals surface area contributed by atoms with Crippen molar-refractivity contribution in [2.24, 2.45) is 5.73 Å². The minimum atomic E-state index is 0.359. The fraction of sp³-hybridized carbons (Fsp3) is 0.273. The number of likely N-dealkylation sites (tertiary alicyclic amines) is 1. The number of pyridine rings is 2. The molecule has 0 unspecified atom stereocenters. The number of fused-ring (bicyclic) bond motifs is 2. The zero-order valence-corrected chi connectivity index (χ0v) is 15.1. The Balaban J connectivity index is 1.52. The van der Waals surface area contributed by atoms with Gasteiger partial charge in [-0.1, -0.05) is 12.1 Å². The lowest BCUT2D eigenvalue weighted by Crippen LogP contribution is -2.39. The molecule has 4 aromatic rings. The molecule has 0 radical (unpaired) electrons. The number of aromatic nitrogens is 2. The minimum Gasteiger partial charge on any atom is -0.438 e. The molecule has 0 aliphatic carbocycles. The Morgan fingerprint density at radius 2 is 1.96 bits per heavy atom. The highest BCUT2D eigenvalue weighted by Crippen LogP contribution is 2.32. The minimum absolute atomic E-state index is 0.359. The third-order valence-electron chi connectivity index (χ3n) is 5.42. The van der Waals surface area contributed by atoms with Crippen molar-refractivity contribution in [1.82, 2.24) is 14.9 Å². The molecule has 5 nitrogen and oxygen atoms in total. The van der Waals surface area contributed by atoms with Gasteiger partial charge in [-0.3, -0.25) is 9.88 Å². The molecule has 136 valence electrons. The number of nitrogens with two attached hydrogens (primary N) is 1. The lowest BCUT2D eigenvalue weighted by Gasteiger charge is -2.30. The summed E-state index contributed by atoms with van der Waals surface area (Å²) in [7, 11) is 0. The maximum Gasteiger partial charge on any atom is 0.226 e. The Bertz CT molecular complexity index is 1060. The number of nitrogens with zero attached hydrogens (tertiary/aromatic N) is 3. The summed E-state index contributed by atoms with van der Waals surface area (Å²) in [6.45, 7) is 3.08. The molecule has 0 atom stereocenters. The molecule has 1 saturated heterocycles. The summed E-state index contributed by atoms with van der Waals surface area (Å²) in [4.78, 5) is 11.2. The molecule has 0 saturated carbocycles. The fourth-order valence-corrected chi connectivity index (χ4v) is 3.88. The largest absolute Gasteiger partial charge is 0.438 e. The summed E-state index contributed by atoms with van der Waals surface area (Å²) >= 11 is 0. The summed E-state index contributed by atoms with van der Waals surface area (Å²) in [5, 5.41) is 3.28. The summed E-state index contributed by atoms with van der Waals surface area (Å²) < 4.78 is 5.99. The number of rotatable bonds is 3. The second kappa shape index (κ2) is 6.76. The van der Waals surface area contributed by atoms with Gasteiger partial charge >= 0.3 is 0 Å². The van der Waals surface area contributed by atoms with Gasteiger partial charge in [-0.2, -0.15) is 0 Å². The number of furan rings is 1. The monoisotopic (exact) mass is 358 g/mol. The van der Waals surface area contributed by atoms with Crippen LogP contribution >= 0.6 is 0 Å². The molecule has 4 heterocycles. The van der Waals surface area contributed by atoms with Gasteiger partial charge in [0.15, 0.2) is 0 Å². The molecule has 5 heteroatoms. The van der Waals surface area contributed by atoms with Gasteiger partial charge in [0, 0.05) is 47.5 Å². The third-order valence-corrected chi connectivity index (χ3v) is 5.42. The number of hydrogen-bond acceptors (Lipinski definition) is 5. The van der Waals surface area contributed by atoms with Crippen molar-refractivity contribution in [2.45, 2.75) is 25.4 Å². The van der Waals surface area contributed by atoms with Gasteiger partial charge in [0.2, 0.25) is 5.71 Å². The van der Waals surface area contributed by atoms with Crippen LogP contribution < -0.4 is 5.73 Å². The van der Waals surface area contributed by atoms with Gasteiger partial charge in [0.1, 0.15) is 5.76 Å². The molecule has 1 aromatic carbocycles. The van der Waals surface area contributed by atoms with E-state index in [1.807, 2.05) is 30.6 Å². The standard InChI is InChI=1S/C22H22N4O/c23-18-5-8-26(9-6-18)14-15-3-4-17-12-24-13-20(19(17)10-15)21-11-16-2-1-7-25-22(16)27-21/h1-4,7,10-13,18H,5-6,8-9,14,23H2. The summed E-state index contributed by atoms with van der Waals surface area (Å²) in [5.74, 6) is 0.808. The van der Waals surface area contributed by atoms with Crippen LogP contribution in [0, 0.1) is 0 Å². The Morgan fingerprint density at radius 1 is 1.07 bits per heavy atom. The highest BCUT2D eigenvalue weighted by atomic mass is 16.3. The van der Waals surface area contributed by atoms with Gasteiger partial charge in [0.25, 0.3) is 0 Å². The van der Waals surface area contributed by atoms with Crippen LogP contribution in [0.15, 0.2) is 59.4 Å². The van der Waals surface area contributed by atoms with Crippen molar-refractivity contribution < 1.29 is 4.42 Å². The average Bonchev–Trinajstić information content (AvgIpc) is 3.13. The molecule has 1 fully saturated rings. The van der Waals surface area contributed by atoms with Crippen LogP contribution in [0.1, 0.15) is 18.4 Å². The first-order valence-corrected chi connectivity index (χ1v) is 9.46. The van der Waals surface area contributed by atoms with E-state index >= 15 is 0 Å². The van der Waals surface area contributed by atoms with Gasteiger partial charge in [-0.15, -0.1) is 0 Å². The molecule has 1 aliphatic heterocycles. The summed E-state index contributed by atoms with van der Waals surface area (Å²) in [5.41, 5.74) is 9.00. The van der Waals surface area contributed by atoms with Crippen LogP contribution in [0.3, 0.4) is 0 Å². The van der Waals surface area contributed by atoms with Crippen LogP contribution in [0.5, 0.6) is 0 Å². The van der Waals surface area contributed by atoms with E-state index in [2.05, 4.69) is 33.1 Å². The van der Waals surface area contributed by atoms with Crippen molar-refractivity contribution in [2.75, 3.05) is 13.1 Å². The topological polar surface area (TPSA) is 68.2 Å². The van der Waals surface area contributed by atoms with E-state index < -0.39 is 0 Å². The first-order valence-electron chi connectivity index (χ1n) is 9.46. The van der Waals surface area contributed by atoms with Crippen LogP contribution in [0.25, 0.3) is 33.2 Å². The molecule has 3 aromatic heterocycles. The van der Waals surface area contributed by atoms with Crippen molar-refractivity contribution in [3.63, 3.8) is 0 Å². The van der Waals surface area contributed by atoms with E-state index in [1.165, 1.54) is 5.56 Å². The lowest BCUT2D eigenvalue weighted by molar-refractivity contribution is 0.206. The van der Waals surface area contributed by atoms with Crippen molar-refractivity contribution >= 4 is 21.9 Å². The normalized spacial score (nSPS) is 16.3. The zero-order chi connectivity index (χ0) is 18.2. The summed E-state index contributed by atoms with van der Waals surface area (Å²) in [6, 6.07) is 12.9. The molecule has 0 bridgehead atoms. The molecular formula is C22H22N4O. The first kappa shape index (κ1) is 16.4. The van der Waals surface area contributed by atoms with E-state index in [1.54, 1.807) is 6.20 Å². The van der Waals surface area contributed by atoms with Crippen LogP contribution in [0.4, 0.5) is 0 Å². The van der Waals surface area contributed by atoms with Crippen molar-refractivity contribution in [1.29, 1.82) is 0 Å². The molecule has 5 rings (SSSR count). The average molecular weight is 358 g/mol. The highest BCUT2D eigenvalue weighted by molar-refractivity contribution is 5.96. The lowest BCUT2D eigenvalue weighted by atomic mass is 10.0. The van der Waals surface area contributed by atoms with Crippen molar-refractivity contribution in [3.05, 3.63) is 60.6 Å². The van der Waals surface area contributed by atoms with Gasteiger partial charge in [-0.05, 0) is 61.1 Å². The van der Waals surface area contributed by atoms with E-state index in [9.17, 15) is 0 Å². The van der Waals surface area contributed by atoms with Crippen LogP contribution in [-0.2, 0) is 6.54 Å². The van der Waals surface area contributed by atoms with Gasteiger partial charge in [0.05, 0.1) is 0 Å². The predicted molar refractivity (Wildman–Crippen MR) is 107 cm³/mol. The molecule has 0 amide bonds. The highest BCUT2D eigenvalue weighted by Gasteiger charge is 2.17. The smallest absolute Gasteiger partial charge is 0.226 e. The Hall–Kier alpha value is -2.76. The number of piperidine rings is 1. The van der Waals surface area contributed by atoms with Crippen molar-refractivity contribution in [3.8, 4) is 11.3 Å². The quantitative estimate of drug-likeness (QED) is 0.600. The summed E-state index contributed by atoms with van der Waals surface area (Å²) in [6.07, 6.45) is 7.69. The second-order valence-electron chi connectivity index (χ2n) is 7.36. The zero-order valence-electron chi connectivity index (χ0n) is 15.1. The van der Waals surface area contributed by atoms with Crippen LogP contribution in [-0.4, -0.2) is 34.0 Å². The second-order valence-corrected chi connectivity index (χ2v) is 7.36. The first-order chi connectivity index (χ1) is 13.3. The van der Waals surface area contributed by atoms with E-state index in [0.717, 1.165) is 60.0 Å². The molecule has 1 aliphatic rings.